The minimum absolute atomic E-state index is 0.0615. The van der Waals surface area contributed by atoms with Gasteiger partial charge in [0.15, 0.2) is 16.8 Å². The molecule has 3 rings (SSSR count). The van der Waals surface area contributed by atoms with Crippen LogP contribution in [0.5, 0.6) is 17.2 Å². The average molecular weight is 364 g/mol. The molecule has 0 aliphatic heterocycles. The van der Waals surface area contributed by atoms with Crippen LogP contribution in [0, 0.1) is 6.92 Å². The van der Waals surface area contributed by atoms with Crippen LogP contribution in [0.15, 0.2) is 45.6 Å². The Morgan fingerprint density at radius 1 is 1.08 bits per heavy atom. The fourth-order valence-corrected chi connectivity index (χ4v) is 2.78. The number of rotatable bonds is 3. The van der Waals surface area contributed by atoms with Gasteiger partial charge in [-0.15, -0.1) is 0 Å². The van der Waals surface area contributed by atoms with E-state index in [1.807, 2.05) is 13.0 Å². The smallest absolute Gasteiger partial charge is 0.446 e. The molecule has 1 aromatic heterocycles. The summed E-state index contributed by atoms with van der Waals surface area (Å²) >= 11 is 0. The van der Waals surface area contributed by atoms with Crippen molar-refractivity contribution in [2.45, 2.75) is 6.92 Å². The van der Waals surface area contributed by atoms with Crippen LogP contribution in [0.1, 0.15) is 5.56 Å². The second-order valence-electron chi connectivity index (χ2n) is 5.30. The van der Waals surface area contributed by atoms with Crippen molar-refractivity contribution >= 4 is 21.4 Å². The van der Waals surface area contributed by atoms with Gasteiger partial charge < -0.3 is 18.8 Å². The highest BCUT2D eigenvalue weighted by molar-refractivity contribution is 7.81. The third-order valence-corrected chi connectivity index (χ3v) is 3.78. The van der Waals surface area contributed by atoms with Gasteiger partial charge in [0.2, 0.25) is 5.75 Å². The first-order valence-corrected chi connectivity index (χ1v) is 8.29. The van der Waals surface area contributed by atoms with E-state index in [9.17, 15) is 23.4 Å². The molecular formula is C16H12O8S. The fourth-order valence-electron chi connectivity index (χ4n) is 2.41. The van der Waals surface area contributed by atoms with Crippen LogP contribution in [0.3, 0.4) is 0 Å². The first kappa shape index (κ1) is 16.8. The average Bonchev–Trinajstić information content (AvgIpc) is 2.49. The molecule has 0 bridgehead atoms. The molecule has 25 heavy (non-hydrogen) atoms. The minimum Gasteiger partial charge on any atom is -0.507 e. The molecule has 0 amide bonds. The van der Waals surface area contributed by atoms with Crippen molar-refractivity contribution in [1.82, 2.24) is 0 Å². The van der Waals surface area contributed by atoms with E-state index in [-0.39, 0.29) is 5.76 Å². The topological polar surface area (TPSA) is 134 Å². The summed E-state index contributed by atoms with van der Waals surface area (Å²) in [7, 11) is -5.00. The van der Waals surface area contributed by atoms with Crippen LogP contribution in [0.2, 0.25) is 0 Å². The van der Waals surface area contributed by atoms with Gasteiger partial charge in [0.05, 0.1) is 0 Å². The summed E-state index contributed by atoms with van der Waals surface area (Å²) in [5.41, 5.74) is 0.197. The molecule has 0 atom stereocenters. The SMILES string of the molecule is Cc1cccc(-c2cc(=O)c3c(O)cc(O)c(OS(=O)(=O)O)c3o2)c1. The minimum atomic E-state index is -5.00. The van der Waals surface area contributed by atoms with E-state index in [1.54, 1.807) is 18.2 Å². The van der Waals surface area contributed by atoms with E-state index in [0.717, 1.165) is 11.6 Å². The molecule has 0 spiro atoms. The number of phenols is 2. The molecule has 0 saturated carbocycles. The van der Waals surface area contributed by atoms with Crippen LogP contribution < -0.4 is 9.61 Å². The summed E-state index contributed by atoms with van der Waals surface area (Å²) in [5.74, 6) is -2.19. The molecule has 0 fully saturated rings. The Kier molecular flexibility index (Phi) is 3.90. The molecule has 1 heterocycles. The van der Waals surface area contributed by atoms with Gasteiger partial charge >= 0.3 is 10.4 Å². The molecule has 0 radical (unpaired) electrons. The first-order valence-electron chi connectivity index (χ1n) is 6.92. The van der Waals surface area contributed by atoms with Crippen molar-refractivity contribution in [1.29, 1.82) is 0 Å². The summed E-state index contributed by atoms with van der Waals surface area (Å²) in [6, 6.07) is 8.76. The summed E-state index contributed by atoms with van der Waals surface area (Å²) < 4.78 is 40.7. The van der Waals surface area contributed by atoms with Crippen LogP contribution in [0.4, 0.5) is 0 Å². The van der Waals surface area contributed by atoms with Crippen molar-refractivity contribution in [3.05, 3.63) is 52.2 Å². The molecule has 8 nitrogen and oxygen atoms in total. The zero-order chi connectivity index (χ0) is 18.4. The van der Waals surface area contributed by atoms with E-state index < -0.39 is 44.0 Å². The standard InChI is InChI=1S/C16H12O8S/c1-8-3-2-4-9(5-8)13-7-11(18)14-10(17)6-12(19)15(16(14)23-13)24-25(20,21)22/h2-7,17,19H,1H3,(H,20,21,22). The second-order valence-corrected chi connectivity index (χ2v) is 6.33. The largest absolute Gasteiger partial charge is 0.507 e. The zero-order valence-corrected chi connectivity index (χ0v) is 13.6. The second kappa shape index (κ2) is 5.80. The van der Waals surface area contributed by atoms with Gasteiger partial charge in [-0.05, 0) is 13.0 Å². The number of aromatic hydroxyl groups is 2. The maximum Gasteiger partial charge on any atom is 0.446 e. The Morgan fingerprint density at radius 2 is 1.80 bits per heavy atom. The fraction of sp³-hybridized carbons (Fsp3) is 0.0625. The van der Waals surface area contributed by atoms with E-state index in [2.05, 4.69) is 4.18 Å². The normalized spacial score (nSPS) is 11.6. The summed E-state index contributed by atoms with van der Waals surface area (Å²) in [6.45, 7) is 1.83. The van der Waals surface area contributed by atoms with Gasteiger partial charge in [0.25, 0.3) is 0 Å². The highest BCUT2D eigenvalue weighted by Gasteiger charge is 2.23. The highest BCUT2D eigenvalue weighted by Crippen LogP contribution is 2.41. The molecule has 2 aromatic carbocycles. The van der Waals surface area contributed by atoms with E-state index >= 15 is 0 Å². The third kappa shape index (κ3) is 3.28. The zero-order valence-electron chi connectivity index (χ0n) is 12.8. The lowest BCUT2D eigenvalue weighted by Crippen LogP contribution is -2.09. The molecule has 9 heteroatoms. The lowest BCUT2D eigenvalue weighted by atomic mass is 10.1. The first-order chi connectivity index (χ1) is 11.7. The Bertz CT molecular complexity index is 1140. The van der Waals surface area contributed by atoms with Crippen molar-refractivity contribution in [2.75, 3.05) is 0 Å². The molecule has 130 valence electrons. The highest BCUT2D eigenvalue weighted by atomic mass is 32.3. The van der Waals surface area contributed by atoms with E-state index in [1.165, 1.54) is 0 Å². The van der Waals surface area contributed by atoms with E-state index in [4.69, 9.17) is 8.97 Å². The van der Waals surface area contributed by atoms with Gasteiger partial charge in [-0.3, -0.25) is 9.35 Å². The number of fused-ring (bicyclic) bond motifs is 1. The molecule has 0 aliphatic carbocycles. The van der Waals surface area contributed by atoms with Gasteiger partial charge in [0, 0.05) is 17.7 Å². The number of aryl methyl sites for hydroxylation is 1. The predicted molar refractivity (Wildman–Crippen MR) is 88.2 cm³/mol. The Labute approximate surface area is 141 Å². The molecule has 0 unspecified atom stereocenters. The lowest BCUT2D eigenvalue weighted by Gasteiger charge is -2.10. The Balaban J connectivity index is 2.39. The molecule has 3 N–H and O–H groups in total. The number of hydrogen-bond acceptors (Lipinski definition) is 7. The van der Waals surface area contributed by atoms with Gasteiger partial charge in [-0.1, -0.05) is 23.8 Å². The maximum atomic E-state index is 12.3. The van der Waals surface area contributed by atoms with Gasteiger partial charge in [-0.25, -0.2) is 0 Å². The lowest BCUT2D eigenvalue weighted by molar-refractivity contribution is 0.367. The van der Waals surface area contributed by atoms with Crippen LogP contribution >= 0.6 is 0 Å². The third-order valence-electron chi connectivity index (χ3n) is 3.41. The van der Waals surface area contributed by atoms with Crippen molar-refractivity contribution in [2.24, 2.45) is 0 Å². The Hall–Kier alpha value is -3.04. The van der Waals surface area contributed by atoms with E-state index in [0.29, 0.717) is 11.6 Å². The quantitative estimate of drug-likeness (QED) is 0.603. The van der Waals surface area contributed by atoms with Crippen molar-refractivity contribution in [3.63, 3.8) is 0 Å². The van der Waals surface area contributed by atoms with Gasteiger partial charge in [-0.2, -0.15) is 8.42 Å². The molecule has 3 aromatic rings. The van der Waals surface area contributed by atoms with Crippen molar-refractivity contribution < 1.29 is 31.8 Å². The monoisotopic (exact) mass is 364 g/mol. The molecule has 0 saturated heterocycles. The Morgan fingerprint density at radius 3 is 2.44 bits per heavy atom. The van der Waals surface area contributed by atoms with Crippen LogP contribution in [-0.4, -0.2) is 23.2 Å². The number of phenolic OH excluding ortho intramolecular Hbond substituents is 2. The summed E-state index contributed by atoms with van der Waals surface area (Å²) in [4.78, 5) is 12.3. The number of hydrogen-bond donors (Lipinski definition) is 3. The summed E-state index contributed by atoms with van der Waals surface area (Å²) in [6.07, 6.45) is 0. The van der Waals surface area contributed by atoms with Crippen molar-refractivity contribution in [3.8, 4) is 28.6 Å². The predicted octanol–water partition coefficient (Wildman–Crippen LogP) is 2.36. The maximum absolute atomic E-state index is 12.3. The van der Waals surface area contributed by atoms with Crippen LogP contribution in [-0.2, 0) is 10.4 Å². The molecular weight excluding hydrogens is 352 g/mol. The summed E-state index contributed by atoms with van der Waals surface area (Å²) in [5, 5.41) is 19.3. The van der Waals surface area contributed by atoms with Gasteiger partial charge in [0.1, 0.15) is 16.9 Å². The number of benzene rings is 2. The van der Waals surface area contributed by atoms with Crippen LogP contribution in [0.25, 0.3) is 22.3 Å². The molecule has 0 aliphatic rings.